The van der Waals surface area contributed by atoms with Crippen LogP contribution in [0.1, 0.15) is 29.0 Å². The molecule has 0 spiro atoms. The number of aryl methyl sites for hydroxylation is 2. The molecule has 0 bridgehead atoms. The fraction of sp³-hybridized carbons (Fsp3) is 0.438. The van der Waals surface area contributed by atoms with Crippen molar-refractivity contribution in [3.63, 3.8) is 0 Å². The van der Waals surface area contributed by atoms with Crippen molar-refractivity contribution >= 4 is 16.3 Å². The highest BCUT2D eigenvalue weighted by Crippen LogP contribution is 2.24. The van der Waals surface area contributed by atoms with Gasteiger partial charge < -0.3 is 4.74 Å². The number of nitrogens with zero attached hydrogens (tertiary/aromatic N) is 5. The summed E-state index contributed by atoms with van der Waals surface area (Å²) >= 11 is 1.68. The van der Waals surface area contributed by atoms with Crippen molar-refractivity contribution in [1.82, 2.24) is 24.3 Å². The van der Waals surface area contributed by atoms with Crippen LogP contribution >= 0.6 is 11.3 Å². The SMILES string of the molecule is Cc1nccc([C@H]2CN(Cc3c(C)nc4sccn34)CCO2)n1. The molecular formula is C16H19N5OS. The van der Waals surface area contributed by atoms with Gasteiger partial charge in [-0.1, -0.05) is 0 Å². The summed E-state index contributed by atoms with van der Waals surface area (Å²) in [5.74, 6) is 0.787. The summed E-state index contributed by atoms with van der Waals surface area (Å²) in [6, 6.07) is 1.95. The summed E-state index contributed by atoms with van der Waals surface area (Å²) in [6.45, 7) is 7.37. The van der Waals surface area contributed by atoms with Gasteiger partial charge in [0.15, 0.2) is 4.96 Å². The van der Waals surface area contributed by atoms with Crippen molar-refractivity contribution in [2.75, 3.05) is 19.7 Å². The largest absolute Gasteiger partial charge is 0.369 e. The van der Waals surface area contributed by atoms with Crippen LogP contribution in [0.2, 0.25) is 0 Å². The minimum absolute atomic E-state index is 0.0108. The number of hydrogen-bond donors (Lipinski definition) is 0. The Labute approximate surface area is 138 Å². The molecule has 7 heteroatoms. The van der Waals surface area contributed by atoms with Crippen LogP contribution in [0.15, 0.2) is 23.8 Å². The number of morpholine rings is 1. The Kier molecular flexibility index (Phi) is 3.84. The van der Waals surface area contributed by atoms with Crippen molar-refractivity contribution in [2.24, 2.45) is 0 Å². The lowest BCUT2D eigenvalue weighted by Crippen LogP contribution is -2.38. The molecule has 120 valence electrons. The molecular weight excluding hydrogens is 310 g/mol. The number of imidazole rings is 1. The van der Waals surface area contributed by atoms with Gasteiger partial charge in [-0.05, 0) is 19.9 Å². The van der Waals surface area contributed by atoms with Gasteiger partial charge in [-0.25, -0.2) is 15.0 Å². The van der Waals surface area contributed by atoms with Gasteiger partial charge in [0.2, 0.25) is 0 Å². The molecule has 0 N–H and O–H groups in total. The molecule has 0 aromatic carbocycles. The summed E-state index contributed by atoms with van der Waals surface area (Å²) < 4.78 is 8.11. The highest BCUT2D eigenvalue weighted by Gasteiger charge is 2.24. The van der Waals surface area contributed by atoms with Crippen LogP contribution in [0.25, 0.3) is 4.96 Å². The molecule has 3 aromatic rings. The maximum Gasteiger partial charge on any atom is 0.194 e. The lowest BCUT2D eigenvalue weighted by molar-refractivity contribution is -0.0355. The quantitative estimate of drug-likeness (QED) is 0.738. The van der Waals surface area contributed by atoms with Crippen molar-refractivity contribution in [3.05, 3.63) is 46.7 Å². The first-order valence-electron chi connectivity index (χ1n) is 7.75. The van der Waals surface area contributed by atoms with Crippen molar-refractivity contribution < 1.29 is 4.74 Å². The zero-order valence-corrected chi connectivity index (χ0v) is 14.1. The molecule has 1 aliphatic rings. The monoisotopic (exact) mass is 329 g/mol. The predicted octanol–water partition coefficient (Wildman–Crippen LogP) is 2.38. The lowest BCUT2D eigenvalue weighted by atomic mass is 10.2. The summed E-state index contributed by atoms with van der Waals surface area (Å²) in [5, 5.41) is 2.08. The first-order valence-corrected chi connectivity index (χ1v) is 8.63. The average Bonchev–Trinajstić information content (AvgIpc) is 3.11. The van der Waals surface area contributed by atoms with Crippen molar-refractivity contribution in [3.8, 4) is 0 Å². The van der Waals surface area contributed by atoms with Crippen LogP contribution in [0.4, 0.5) is 0 Å². The zero-order chi connectivity index (χ0) is 15.8. The maximum atomic E-state index is 5.92. The van der Waals surface area contributed by atoms with E-state index in [4.69, 9.17) is 4.74 Å². The first kappa shape index (κ1) is 14.7. The highest BCUT2D eigenvalue weighted by atomic mass is 32.1. The van der Waals surface area contributed by atoms with E-state index < -0.39 is 0 Å². The van der Waals surface area contributed by atoms with Crippen LogP contribution in [-0.4, -0.2) is 43.9 Å². The molecule has 1 fully saturated rings. The fourth-order valence-corrected chi connectivity index (χ4v) is 3.80. The Hall–Kier alpha value is -1.83. The van der Waals surface area contributed by atoms with Crippen molar-refractivity contribution in [2.45, 2.75) is 26.5 Å². The van der Waals surface area contributed by atoms with Crippen LogP contribution in [-0.2, 0) is 11.3 Å². The Morgan fingerprint density at radius 2 is 2.26 bits per heavy atom. The molecule has 1 saturated heterocycles. The van der Waals surface area contributed by atoms with E-state index in [-0.39, 0.29) is 6.10 Å². The van der Waals surface area contributed by atoms with E-state index in [1.165, 1.54) is 5.69 Å². The summed E-state index contributed by atoms with van der Waals surface area (Å²) in [7, 11) is 0. The fourth-order valence-electron chi connectivity index (χ4n) is 3.02. The molecule has 0 aliphatic carbocycles. The van der Waals surface area contributed by atoms with E-state index in [0.717, 1.165) is 48.4 Å². The third-order valence-corrected chi connectivity index (χ3v) is 4.97. The van der Waals surface area contributed by atoms with E-state index in [1.54, 1.807) is 17.5 Å². The van der Waals surface area contributed by atoms with Crippen molar-refractivity contribution in [1.29, 1.82) is 0 Å². The van der Waals surface area contributed by atoms with E-state index in [0.29, 0.717) is 0 Å². The average molecular weight is 329 g/mol. The second-order valence-corrected chi connectivity index (χ2v) is 6.70. The van der Waals surface area contributed by atoms with E-state index >= 15 is 0 Å². The molecule has 4 heterocycles. The van der Waals surface area contributed by atoms with E-state index in [2.05, 4.69) is 42.8 Å². The number of ether oxygens (including phenoxy) is 1. The third-order valence-electron chi connectivity index (χ3n) is 4.21. The molecule has 23 heavy (non-hydrogen) atoms. The van der Waals surface area contributed by atoms with Gasteiger partial charge in [-0.3, -0.25) is 9.30 Å². The number of rotatable bonds is 3. The molecule has 0 radical (unpaired) electrons. The van der Waals surface area contributed by atoms with Gasteiger partial charge in [0.25, 0.3) is 0 Å². The summed E-state index contributed by atoms with van der Waals surface area (Å²) in [4.78, 5) is 16.8. The smallest absolute Gasteiger partial charge is 0.194 e. The van der Waals surface area contributed by atoms with Gasteiger partial charge in [-0.15, -0.1) is 11.3 Å². The van der Waals surface area contributed by atoms with Crippen LogP contribution in [0.3, 0.4) is 0 Å². The number of aromatic nitrogens is 4. The van der Waals surface area contributed by atoms with Gasteiger partial charge in [0.05, 0.1) is 23.7 Å². The Morgan fingerprint density at radius 3 is 3.13 bits per heavy atom. The number of thiazole rings is 1. The lowest BCUT2D eigenvalue weighted by Gasteiger charge is -2.32. The van der Waals surface area contributed by atoms with Gasteiger partial charge >= 0.3 is 0 Å². The Morgan fingerprint density at radius 1 is 1.35 bits per heavy atom. The molecule has 1 aliphatic heterocycles. The van der Waals surface area contributed by atoms with Crippen LogP contribution < -0.4 is 0 Å². The highest BCUT2D eigenvalue weighted by molar-refractivity contribution is 7.15. The van der Waals surface area contributed by atoms with Crippen LogP contribution in [0, 0.1) is 13.8 Å². The van der Waals surface area contributed by atoms with Gasteiger partial charge in [0.1, 0.15) is 11.9 Å². The summed E-state index contributed by atoms with van der Waals surface area (Å²) in [6.07, 6.45) is 3.91. The molecule has 0 unspecified atom stereocenters. The minimum Gasteiger partial charge on any atom is -0.369 e. The molecule has 6 nitrogen and oxygen atoms in total. The van der Waals surface area contributed by atoms with Gasteiger partial charge in [0, 0.05) is 37.4 Å². The molecule has 0 saturated carbocycles. The first-order chi connectivity index (χ1) is 11.2. The Bertz CT molecular complexity index is 827. The molecule has 0 amide bonds. The van der Waals surface area contributed by atoms with E-state index in [1.807, 2.05) is 13.0 Å². The molecule has 4 rings (SSSR count). The van der Waals surface area contributed by atoms with Crippen LogP contribution in [0.5, 0.6) is 0 Å². The second-order valence-electron chi connectivity index (χ2n) is 5.82. The molecule has 1 atom stereocenters. The van der Waals surface area contributed by atoms with E-state index in [9.17, 15) is 0 Å². The predicted molar refractivity (Wildman–Crippen MR) is 88.5 cm³/mol. The Balaban J connectivity index is 1.53. The number of fused-ring (bicyclic) bond motifs is 1. The van der Waals surface area contributed by atoms with Gasteiger partial charge in [-0.2, -0.15) is 0 Å². The third kappa shape index (κ3) is 2.87. The molecule has 3 aromatic heterocycles. The minimum atomic E-state index is 0.0108. The number of hydrogen-bond acceptors (Lipinski definition) is 6. The zero-order valence-electron chi connectivity index (χ0n) is 13.3. The normalized spacial score (nSPS) is 19.5. The summed E-state index contributed by atoms with van der Waals surface area (Å²) in [5.41, 5.74) is 3.34. The second kappa shape index (κ2) is 5.99. The standard InChI is InChI=1S/C16H19N5OS/c1-11-14(21-6-8-23-16(21)18-11)9-20-5-7-22-15(10-20)13-3-4-17-12(2)19-13/h3-4,6,8,15H,5,7,9-10H2,1-2H3/t15-/m1/s1. The topological polar surface area (TPSA) is 55.6 Å². The maximum absolute atomic E-state index is 5.92.